The molecule has 3 aromatic rings. The molecule has 0 unspecified atom stereocenters. The van der Waals surface area contributed by atoms with Crippen LogP contribution in [0.15, 0.2) is 48.5 Å². The number of ether oxygens (including phenoxy) is 4. The summed E-state index contributed by atoms with van der Waals surface area (Å²) in [6.07, 6.45) is 0.864. The quantitative estimate of drug-likeness (QED) is 0.538. The lowest BCUT2D eigenvalue weighted by molar-refractivity contribution is 0.174. The smallest absolute Gasteiger partial charge is 0.231 e. The van der Waals surface area contributed by atoms with Crippen LogP contribution in [-0.4, -0.2) is 44.3 Å². The third-order valence-electron chi connectivity index (χ3n) is 4.84. The molecule has 1 aliphatic rings. The van der Waals surface area contributed by atoms with Crippen molar-refractivity contribution >= 4 is 5.82 Å². The third kappa shape index (κ3) is 4.11. The van der Waals surface area contributed by atoms with Crippen molar-refractivity contribution in [1.82, 2.24) is 4.98 Å². The highest BCUT2D eigenvalue weighted by Gasteiger charge is 2.19. The second-order valence-corrected chi connectivity index (χ2v) is 6.83. The lowest BCUT2D eigenvalue weighted by Crippen LogP contribution is -2.06. The number of nitrogens with zero attached hydrogens (tertiary/aromatic N) is 1. The number of benzene rings is 2. The van der Waals surface area contributed by atoms with Crippen molar-refractivity contribution in [2.45, 2.75) is 6.42 Å². The van der Waals surface area contributed by atoms with Gasteiger partial charge in [-0.25, -0.2) is 4.98 Å². The number of phenols is 1. The van der Waals surface area contributed by atoms with E-state index in [1.54, 1.807) is 19.2 Å². The van der Waals surface area contributed by atoms with E-state index < -0.39 is 0 Å². The molecule has 1 aliphatic heterocycles. The highest BCUT2D eigenvalue weighted by atomic mass is 16.7. The van der Waals surface area contributed by atoms with Gasteiger partial charge in [0.2, 0.25) is 6.79 Å². The number of rotatable bonds is 8. The maximum atomic E-state index is 9.94. The van der Waals surface area contributed by atoms with E-state index in [0.717, 1.165) is 52.7 Å². The van der Waals surface area contributed by atoms with Gasteiger partial charge in [0.15, 0.2) is 23.0 Å². The number of anilines is 1. The average Bonchev–Trinajstić information content (AvgIpc) is 3.26. The van der Waals surface area contributed by atoms with Gasteiger partial charge < -0.3 is 29.4 Å². The normalized spacial score (nSPS) is 12.1. The Hall–Kier alpha value is -3.45. The van der Waals surface area contributed by atoms with Crippen molar-refractivity contribution in [3.05, 3.63) is 48.5 Å². The van der Waals surface area contributed by atoms with Crippen LogP contribution < -0.4 is 19.5 Å². The molecule has 4 rings (SSSR count). The predicted molar refractivity (Wildman–Crippen MR) is 114 cm³/mol. The van der Waals surface area contributed by atoms with Gasteiger partial charge in [0.1, 0.15) is 5.82 Å². The maximum absolute atomic E-state index is 9.94. The highest BCUT2D eigenvalue weighted by Crippen LogP contribution is 2.42. The standard InChI is InChI=1S/C23H24N2O5/c1-27-10-4-9-24-22-13-16(17-5-3-6-20-23(17)30-14-29-20)11-18(25-22)15-7-8-19(26)21(12-15)28-2/h3,5-8,11-13,26H,4,9-10,14H2,1-2H3,(H,24,25). The molecule has 0 radical (unpaired) electrons. The third-order valence-corrected chi connectivity index (χ3v) is 4.84. The van der Waals surface area contributed by atoms with Gasteiger partial charge in [-0.15, -0.1) is 0 Å². The molecular formula is C23H24N2O5. The van der Waals surface area contributed by atoms with E-state index in [-0.39, 0.29) is 12.5 Å². The number of para-hydroxylation sites is 1. The number of aromatic nitrogens is 1. The first kappa shape index (κ1) is 19.8. The predicted octanol–water partition coefficient (Wildman–Crippen LogP) is 4.31. The lowest BCUT2D eigenvalue weighted by atomic mass is 10.0. The van der Waals surface area contributed by atoms with Gasteiger partial charge in [0, 0.05) is 31.4 Å². The number of pyridine rings is 1. The van der Waals surface area contributed by atoms with Crippen LogP contribution in [-0.2, 0) is 4.74 Å². The first-order chi connectivity index (χ1) is 14.7. The van der Waals surface area contributed by atoms with Crippen molar-refractivity contribution in [3.63, 3.8) is 0 Å². The Morgan fingerprint density at radius 3 is 2.80 bits per heavy atom. The Kier molecular flexibility index (Phi) is 5.90. The van der Waals surface area contributed by atoms with Crippen LogP contribution in [0.5, 0.6) is 23.0 Å². The molecule has 0 saturated carbocycles. The Morgan fingerprint density at radius 1 is 1.07 bits per heavy atom. The molecule has 156 valence electrons. The maximum Gasteiger partial charge on any atom is 0.231 e. The molecule has 0 atom stereocenters. The summed E-state index contributed by atoms with van der Waals surface area (Å²) in [6, 6.07) is 15.0. The van der Waals surface area contributed by atoms with E-state index in [4.69, 9.17) is 23.9 Å². The number of aromatic hydroxyl groups is 1. The lowest BCUT2D eigenvalue weighted by Gasteiger charge is -2.13. The van der Waals surface area contributed by atoms with Crippen LogP contribution in [0.1, 0.15) is 6.42 Å². The second kappa shape index (κ2) is 8.92. The summed E-state index contributed by atoms with van der Waals surface area (Å²) in [5.74, 6) is 2.67. The Bertz CT molecular complexity index is 1040. The van der Waals surface area contributed by atoms with E-state index >= 15 is 0 Å². The van der Waals surface area contributed by atoms with Crippen LogP contribution in [0.25, 0.3) is 22.4 Å². The molecule has 0 bridgehead atoms. The van der Waals surface area contributed by atoms with Crippen LogP contribution in [0.4, 0.5) is 5.82 Å². The molecule has 0 saturated heterocycles. The molecule has 30 heavy (non-hydrogen) atoms. The molecule has 0 amide bonds. The van der Waals surface area contributed by atoms with Gasteiger partial charge in [0.05, 0.1) is 12.8 Å². The van der Waals surface area contributed by atoms with Crippen LogP contribution in [0.2, 0.25) is 0 Å². The minimum atomic E-state index is 0.0850. The summed E-state index contributed by atoms with van der Waals surface area (Å²) in [6.45, 7) is 1.61. The molecule has 1 aromatic heterocycles. The molecule has 0 fully saturated rings. The topological polar surface area (TPSA) is 82.1 Å². The Balaban J connectivity index is 1.76. The van der Waals surface area contributed by atoms with Gasteiger partial charge >= 0.3 is 0 Å². The van der Waals surface area contributed by atoms with Crippen molar-refractivity contribution in [2.24, 2.45) is 0 Å². The van der Waals surface area contributed by atoms with Crippen molar-refractivity contribution in [2.75, 3.05) is 39.5 Å². The van der Waals surface area contributed by atoms with Gasteiger partial charge in [-0.3, -0.25) is 0 Å². The van der Waals surface area contributed by atoms with E-state index in [1.807, 2.05) is 36.4 Å². The summed E-state index contributed by atoms with van der Waals surface area (Å²) in [5.41, 5.74) is 3.45. The number of nitrogens with one attached hydrogen (secondary N) is 1. The summed E-state index contributed by atoms with van der Waals surface area (Å²) >= 11 is 0. The highest BCUT2D eigenvalue weighted by molar-refractivity contribution is 5.80. The first-order valence-electron chi connectivity index (χ1n) is 9.71. The zero-order valence-electron chi connectivity index (χ0n) is 17.0. The minimum Gasteiger partial charge on any atom is -0.504 e. The van der Waals surface area contributed by atoms with Crippen LogP contribution >= 0.6 is 0 Å². The summed E-state index contributed by atoms with van der Waals surface area (Å²) in [5, 5.41) is 13.3. The van der Waals surface area contributed by atoms with Gasteiger partial charge in [-0.05, 0) is 48.4 Å². The Morgan fingerprint density at radius 2 is 1.97 bits per heavy atom. The summed E-state index contributed by atoms with van der Waals surface area (Å²) in [7, 11) is 3.21. The van der Waals surface area contributed by atoms with Crippen molar-refractivity contribution in [3.8, 4) is 45.4 Å². The molecule has 2 N–H and O–H groups in total. The number of hydrogen-bond acceptors (Lipinski definition) is 7. The van der Waals surface area contributed by atoms with E-state index in [0.29, 0.717) is 12.4 Å². The van der Waals surface area contributed by atoms with E-state index in [2.05, 4.69) is 5.32 Å². The average molecular weight is 408 g/mol. The molecule has 0 spiro atoms. The van der Waals surface area contributed by atoms with Crippen LogP contribution in [0, 0.1) is 0 Å². The fourth-order valence-electron chi connectivity index (χ4n) is 3.35. The molecule has 0 aliphatic carbocycles. The summed E-state index contributed by atoms with van der Waals surface area (Å²) in [4.78, 5) is 4.76. The van der Waals surface area contributed by atoms with E-state index in [9.17, 15) is 5.11 Å². The number of fused-ring (bicyclic) bond motifs is 1. The van der Waals surface area contributed by atoms with Crippen LogP contribution in [0.3, 0.4) is 0 Å². The van der Waals surface area contributed by atoms with Gasteiger partial charge in [-0.2, -0.15) is 0 Å². The van der Waals surface area contributed by atoms with Gasteiger partial charge in [0.25, 0.3) is 0 Å². The monoisotopic (exact) mass is 408 g/mol. The van der Waals surface area contributed by atoms with E-state index in [1.165, 1.54) is 7.11 Å². The molecule has 2 aromatic carbocycles. The fourth-order valence-corrected chi connectivity index (χ4v) is 3.35. The zero-order valence-corrected chi connectivity index (χ0v) is 17.0. The first-order valence-corrected chi connectivity index (χ1v) is 9.71. The fraction of sp³-hybridized carbons (Fsp3) is 0.261. The molecule has 2 heterocycles. The molecule has 7 nitrogen and oxygen atoms in total. The summed E-state index contributed by atoms with van der Waals surface area (Å²) < 4.78 is 21.6. The number of phenolic OH excluding ortho intramolecular Hbond substituents is 1. The zero-order chi connectivity index (χ0) is 20.9. The van der Waals surface area contributed by atoms with Crippen molar-refractivity contribution in [1.29, 1.82) is 0 Å². The number of hydrogen-bond donors (Lipinski definition) is 2. The van der Waals surface area contributed by atoms with Gasteiger partial charge in [-0.1, -0.05) is 12.1 Å². The molecule has 7 heteroatoms. The Labute approximate surface area is 175 Å². The second-order valence-electron chi connectivity index (χ2n) is 6.83. The number of methoxy groups -OCH3 is 2. The molecular weight excluding hydrogens is 384 g/mol. The largest absolute Gasteiger partial charge is 0.504 e. The van der Waals surface area contributed by atoms with Crippen molar-refractivity contribution < 1.29 is 24.1 Å². The minimum absolute atomic E-state index is 0.0850. The SMILES string of the molecule is COCCCNc1cc(-c2cccc3c2OCO3)cc(-c2ccc(O)c(OC)c2)n1.